The Balaban J connectivity index is 1.48. The molecule has 2 amide bonds. The van der Waals surface area contributed by atoms with Crippen molar-refractivity contribution in [3.63, 3.8) is 0 Å². The van der Waals surface area contributed by atoms with Gasteiger partial charge in [-0.05, 0) is 48.9 Å². The van der Waals surface area contributed by atoms with Crippen LogP contribution in [-0.4, -0.2) is 39.2 Å². The van der Waals surface area contributed by atoms with Crippen LogP contribution in [0.4, 0.5) is 10.6 Å². The zero-order valence-electron chi connectivity index (χ0n) is 16.3. The molecular formula is C22H26N6O. The largest absolute Gasteiger partial charge is 0.384 e. The zero-order valence-corrected chi connectivity index (χ0v) is 16.3. The maximum Gasteiger partial charge on any atom is 0.317 e. The zero-order chi connectivity index (χ0) is 20.1. The van der Waals surface area contributed by atoms with Crippen molar-refractivity contribution < 1.29 is 4.79 Å². The molecule has 4 rings (SSSR count). The third-order valence-electron chi connectivity index (χ3n) is 5.39. The van der Waals surface area contributed by atoms with E-state index in [4.69, 9.17) is 5.73 Å². The highest BCUT2D eigenvalue weighted by Crippen LogP contribution is 2.35. The van der Waals surface area contributed by atoms with E-state index < -0.39 is 0 Å². The van der Waals surface area contributed by atoms with Crippen LogP contribution in [0.25, 0.3) is 11.1 Å². The Morgan fingerprint density at radius 1 is 1.24 bits per heavy atom. The van der Waals surface area contributed by atoms with Gasteiger partial charge in [-0.3, -0.25) is 5.10 Å². The number of nitrogens with zero attached hydrogens (tertiary/aromatic N) is 3. The fraction of sp³-hybridized carbons (Fsp3) is 0.318. The van der Waals surface area contributed by atoms with Crippen LogP contribution in [0.15, 0.2) is 54.9 Å². The minimum Gasteiger partial charge on any atom is -0.384 e. The number of carbonyl (C=O) groups excluding carboxylic acids is 1. The number of pyridine rings is 1. The van der Waals surface area contributed by atoms with Crippen molar-refractivity contribution in [3.05, 3.63) is 66.1 Å². The molecule has 0 unspecified atom stereocenters. The average Bonchev–Trinajstić information content (AvgIpc) is 3.24. The lowest BCUT2D eigenvalue weighted by atomic mass is 9.95. The van der Waals surface area contributed by atoms with E-state index in [1.54, 1.807) is 12.4 Å². The van der Waals surface area contributed by atoms with Crippen molar-refractivity contribution in [3.8, 4) is 11.1 Å². The molecule has 1 aromatic carbocycles. The molecule has 0 spiro atoms. The van der Waals surface area contributed by atoms with Gasteiger partial charge in [0.05, 0.1) is 17.9 Å². The molecule has 0 radical (unpaired) electrons. The number of hydrogen-bond acceptors (Lipinski definition) is 4. The topological polar surface area (TPSA) is 99.9 Å². The second kappa shape index (κ2) is 8.77. The highest BCUT2D eigenvalue weighted by Gasteiger charge is 2.31. The van der Waals surface area contributed by atoms with Crippen LogP contribution in [0.1, 0.15) is 36.6 Å². The number of nitrogens with one attached hydrogen (secondary N) is 2. The number of amides is 2. The predicted octanol–water partition coefficient (Wildman–Crippen LogP) is 3.53. The number of urea groups is 1. The molecule has 0 bridgehead atoms. The summed E-state index contributed by atoms with van der Waals surface area (Å²) in [6.45, 7) is 1.35. The second-order valence-electron chi connectivity index (χ2n) is 7.34. The summed E-state index contributed by atoms with van der Waals surface area (Å²) in [5.74, 6) is 0.466. The molecule has 3 heterocycles. The lowest BCUT2D eigenvalue weighted by Crippen LogP contribution is -2.45. The number of piperidine rings is 1. The molecule has 150 valence electrons. The minimum absolute atomic E-state index is 0.0274. The quantitative estimate of drug-likeness (QED) is 0.620. The summed E-state index contributed by atoms with van der Waals surface area (Å²) in [6, 6.07) is 13.9. The van der Waals surface area contributed by atoms with Crippen molar-refractivity contribution >= 4 is 11.8 Å². The maximum absolute atomic E-state index is 12.9. The van der Waals surface area contributed by atoms with Crippen LogP contribution >= 0.6 is 0 Å². The summed E-state index contributed by atoms with van der Waals surface area (Å²) >= 11 is 0. The molecule has 29 heavy (non-hydrogen) atoms. The van der Waals surface area contributed by atoms with E-state index in [0.717, 1.165) is 49.0 Å². The van der Waals surface area contributed by atoms with E-state index in [1.807, 2.05) is 35.2 Å². The Labute approximate surface area is 170 Å². The molecular weight excluding hydrogens is 364 g/mol. The van der Waals surface area contributed by atoms with Crippen molar-refractivity contribution in [2.75, 3.05) is 18.8 Å². The van der Waals surface area contributed by atoms with E-state index in [9.17, 15) is 4.79 Å². The summed E-state index contributed by atoms with van der Waals surface area (Å²) in [6.07, 6.45) is 7.29. The first kappa shape index (κ1) is 19.0. The third-order valence-corrected chi connectivity index (χ3v) is 5.39. The first-order valence-electron chi connectivity index (χ1n) is 10.1. The van der Waals surface area contributed by atoms with Gasteiger partial charge >= 0.3 is 6.03 Å². The number of rotatable bonds is 5. The van der Waals surface area contributed by atoms with E-state index >= 15 is 0 Å². The lowest BCUT2D eigenvalue weighted by Gasteiger charge is -2.35. The Morgan fingerprint density at radius 3 is 2.93 bits per heavy atom. The molecule has 0 aliphatic carbocycles. The standard InChI is InChI=1S/C22H26N6O/c23-20-14-17(10-12-24-20)18-15-26-27-21(18)19-8-4-5-13-28(19)22(29)25-11-9-16-6-2-1-3-7-16/h1-3,6-7,10,12,14-15,19H,4-5,8-9,11,13H2,(H2,23,24)(H,25,29)(H,26,27)/t19-/m1/s1. The Kier molecular flexibility index (Phi) is 5.74. The number of carbonyl (C=O) groups is 1. The van der Waals surface area contributed by atoms with Crippen molar-refractivity contribution in [1.29, 1.82) is 0 Å². The first-order valence-corrected chi connectivity index (χ1v) is 10.1. The van der Waals surface area contributed by atoms with Gasteiger partial charge in [-0.25, -0.2) is 9.78 Å². The molecule has 3 aromatic rings. The second-order valence-corrected chi connectivity index (χ2v) is 7.34. The number of H-pyrrole nitrogens is 1. The highest BCUT2D eigenvalue weighted by atomic mass is 16.2. The highest BCUT2D eigenvalue weighted by molar-refractivity contribution is 5.76. The molecule has 2 aromatic heterocycles. The van der Waals surface area contributed by atoms with Crippen molar-refractivity contribution in [2.24, 2.45) is 0 Å². The van der Waals surface area contributed by atoms with Crippen molar-refractivity contribution in [1.82, 2.24) is 25.4 Å². The minimum atomic E-state index is -0.0348. The summed E-state index contributed by atoms with van der Waals surface area (Å²) < 4.78 is 0. The maximum atomic E-state index is 12.9. The lowest BCUT2D eigenvalue weighted by molar-refractivity contribution is 0.150. The normalized spacial score (nSPS) is 16.6. The molecule has 4 N–H and O–H groups in total. The van der Waals surface area contributed by atoms with Crippen LogP contribution in [0, 0.1) is 0 Å². The number of hydrogen-bond donors (Lipinski definition) is 3. The van der Waals surface area contributed by atoms with Gasteiger partial charge in [-0.15, -0.1) is 0 Å². The molecule has 1 aliphatic rings. The van der Waals surface area contributed by atoms with Gasteiger partial charge in [0.2, 0.25) is 0 Å². The van der Waals surface area contributed by atoms with E-state index in [1.165, 1.54) is 5.56 Å². The number of anilines is 1. The predicted molar refractivity (Wildman–Crippen MR) is 113 cm³/mol. The van der Waals surface area contributed by atoms with Crippen LogP contribution < -0.4 is 11.1 Å². The Hall–Kier alpha value is -3.35. The van der Waals surface area contributed by atoms with E-state index in [2.05, 4.69) is 32.6 Å². The number of benzene rings is 1. The summed E-state index contributed by atoms with van der Waals surface area (Å²) in [5, 5.41) is 10.5. The number of likely N-dealkylation sites (tertiary alicyclic amines) is 1. The van der Waals surface area contributed by atoms with Gasteiger partial charge in [0.25, 0.3) is 0 Å². The fourth-order valence-electron chi connectivity index (χ4n) is 3.93. The number of aromatic nitrogens is 3. The number of nitrogen functional groups attached to an aromatic ring is 1. The summed E-state index contributed by atoms with van der Waals surface area (Å²) in [5.41, 5.74) is 9.95. The van der Waals surface area contributed by atoms with Crippen LogP contribution in [-0.2, 0) is 6.42 Å². The van der Waals surface area contributed by atoms with Gasteiger partial charge in [-0.1, -0.05) is 30.3 Å². The summed E-state index contributed by atoms with van der Waals surface area (Å²) in [4.78, 5) is 18.9. The van der Waals surface area contributed by atoms with Gasteiger partial charge in [0, 0.05) is 24.8 Å². The van der Waals surface area contributed by atoms with Crippen LogP contribution in [0.2, 0.25) is 0 Å². The van der Waals surface area contributed by atoms with E-state index in [-0.39, 0.29) is 12.1 Å². The molecule has 1 saturated heterocycles. The third kappa shape index (κ3) is 4.39. The van der Waals surface area contributed by atoms with E-state index in [0.29, 0.717) is 12.4 Å². The number of nitrogens with two attached hydrogens (primary N) is 1. The van der Waals surface area contributed by atoms with Crippen LogP contribution in [0.5, 0.6) is 0 Å². The molecule has 1 fully saturated rings. The molecule has 7 heteroatoms. The molecule has 7 nitrogen and oxygen atoms in total. The molecule has 1 atom stereocenters. The Bertz CT molecular complexity index is 955. The van der Waals surface area contributed by atoms with Gasteiger partial charge in [0.1, 0.15) is 5.82 Å². The smallest absolute Gasteiger partial charge is 0.317 e. The van der Waals surface area contributed by atoms with Crippen LogP contribution in [0.3, 0.4) is 0 Å². The van der Waals surface area contributed by atoms with Crippen molar-refractivity contribution in [2.45, 2.75) is 31.7 Å². The molecule has 0 saturated carbocycles. The first-order chi connectivity index (χ1) is 14.2. The average molecular weight is 390 g/mol. The van der Waals surface area contributed by atoms with Gasteiger partial charge < -0.3 is 16.0 Å². The Morgan fingerprint density at radius 2 is 2.10 bits per heavy atom. The monoisotopic (exact) mass is 390 g/mol. The SMILES string of the molecule is Nc1cc(-c2cn[nH]c2[C@H]2CCCCN2C(=O)NCCc2ccccc2)ccn1. The summed E-state index contributed by atoms with van der Waals surface area (Å²) in [7, 11) is 0. The fourth-order valence-corrected chi connectivity index (χ4v) is 3.93. The van der Waals surface area contributed by atoms with Gasteiger partial charge in [-0.2, -0.15) is 5.10 Å². The molecule has 1 aliphatic heterocycles. The van der Waals surface area contributed by atoms with Gasteiger partial charge in [0.15, 0.2) is 0 Å². The number of aromatic amines is 1.